The molecule has 48 heavy (non-hydrogen) atoms. The van der Waals surface area contributed by atoms with Crippen molar-refractivity contribution in [2.24, 2.45) is 17.0 Å². The molecule has 0 aromatic heterocycles. The number of carbonyl (C=O) groups is 1. The summed E-state index contributed by atoms with van der Waals surface area (Å²) < 4.78 is 42.7. The van der Waals surface area contributed by atoms with Crippen LogP contribution < -0.4 is 14.8 Å². The highest BCUT2D eigenvalue weighted by atomic mass is 35.5. The van der Waals surface area contributed by atoms with Gasteiger partial charge in [0.2, 0.25) is 10.0 Å². The largest absolute Gasteiger partial charge is 0.490 e. The zero-order valence-electron chi connectivity index (χ0n) is 27.4. The van der Waals surface area contributed by atoms with Gasteiger partial charge in [0, 0.05) is 37.2 Å². The first kappa shape index (κ1) is 35.2. The van der Waals surface area contributed by atoms with E-state index >= 15 is 0 Å². The fourth-order valence-electron chi connectivity index (χ4n) is 8.28. The summed E-state index contributed by atoms with van der Waals surface area (Å²) in [4.78, 5) is 14.3. The molecular weight excluding hydrogens is 656 g/mol. The van der Waals surface area contributed by atoms with E-state index in [1.165, 1.54) is 18.2 Å². The summed E-state index contributed by atoms with van der Waals surface area (Å²) in [6.45, 7) is 2.38. The summed E-state index contributed by atoms with van der Waals surface area (Å²) in [5.74, 6) is -0.185. The molecule has 1 saturated heterocycles. The maximum Gasteiger partial charge on any atom is 0.335 e. The lowest BCUT2D eigenvalue weighted by Crippen LogP contribution is -2.49. The second-order valence-corrected chi connectivity index (χ2v) is 16.2. The first-order valence-electron chi connectivity index (χ1n) is 17.0. The molecule has 1 saturated carbocycles. The molecule has 2 aliphatic carbocycles. The van der Waals surface area contributed by atoms with Crippen LogP contribution in [-0.2, 0) is 31.3 Å². The lowest BCUT2D eigenvalue weighted by atomic mass is 9.68. The van der Waals surface area contributed by atoms with Crippen molar-refractivity contribution in [3.8, 4) is 5.75 Å². The number of nitrogens with two attached hydrogens (primary N) is 1. The Morgan fingerprint density at radius 3 is 2.73 bits per heavy atom. The van der Waals surface area contributed by atoms with Gasteiger partial charge in [0.1, 0.15) is 11.0 Å². The Balaban J connectivity index is 1.19. The van der Waals surface area contributed by atoms with Gasteiger partial charge < -0.3 is 29.3 Å². The van der Waals surface area contributed by atoms with Crippen LogP contribution in [0.25, 0.3) is 0 Å². The van der Waals surface area contributed by atoms with E-state index in [1.54, 1.807) is 30.4 Å². The molecule has 1 spiro atoms. The Morgan fingerprint density at radius 2 is 2.04 bits per heavy atom. The standard InChI is InChI=1S/C36H47ClN2O8S/c1-45-33(34(48(38,43)44)19-27-6-4-16-46-27)8-2-7-31(40)28-12-9-25(28)20-39-21-36(15-3-5-23-17-26(37)11-13-29(23)36)22-47-32-14-10-24(35(41)42)18-30(32)39/h2,7,10-11,13-14,17-18,25,27-28,31,33-34,40H,3-6,8-9,12,15-16,19-22H2,1H3,(H,41,42)(H2,38,43,44)/b7-2+/t25-,27-,28+,31?,33?,34?,36-/m0/s1. The van der Waals surface area contributed by atoms with Crippen LogP contribution in [0, 0.1) is 11.8 Å². The van der Waals surface area contributed by atoms with E-state index in [2.05, 4.69) is 17.0 Å². The van der Waals surface area contributed by atoms with Crippen LogP contribution >= 0.6 is 11.6 Å². The molecule has 3 unspecified atom stereocenters. The third kappa shape index (κ3) is 7.56. The number of hydrogen-bond acceptors (Lipinski definition) is 8. The number of aryl methyl sites for hydroxylation is 1. The van der Waals surface area contributed by atoms with E-state index < -0.39 is 33.5 Å². The summed E-state index contributed by atoms with van der Waals surface area (Å²) in [6, 6.07) is 11.1. The zero-order valence-corrected chi connectivity index (χ0v) is 29.0. The van der Waals surface area contributed by atoms with E-state index in [0.29, 0.717) is 43.5 Å². The molecule has 4 N–H and O–H groups in total. The third-order valence-electron chi connectivity index (χ3n) is 11.0. The van der Waals surface area contributed by atoms with Gasteiger partial charge in [-0.25, -0.2) is 18.4 Å². The number of aliphatic hydroxyl groups excluding tert-OH is 1. The topological polar surface area (TPSA) is 149 Å². The van der Waals surface area contributed by atoms with Gasteiger partial charge in [0.25, 0.3) is 0 Å². The van der Waals surface area contributed by atoms with Crippen molar-refractivity contribution < 1.29 is 37.6 Å². The highest BCUT2D eigenvalue weighted by molar-refractivity contribution is 7.89. The summed E-state index contributed by atoms with van der Waals surface area (Å²) in [6.07, 6.45) is 8.93. The molecule has 2 aromatic rings. The van der Waals surface area contributed by atoms with Gasteiger partial charge in [0.05, 0.1) is 36.2 Å². The Labute approximate surface area is 288 Å². The fraction of sp³-hybridized carbons (Fsp3) is 0.583. The van der Waals surface area contributed by atoms with Gasteiger partial charge in [-0.2, -0.15) is 0 Å². The molecule has 0 amide bonds. The molecule has 0 radical (unpaired) electrons. The summed E-state index contributed by atoms with van der Waals surface area (Å²) >= 11 is 6.39. The number of aliphatic hydroxyl groups is 1. The highest BCUT2D eigenvalue weighted by Crippen LogP contribution is 2.46. The minimum Gasteiger partial charge on any atom is -0.490 e. The smallest absolute Gasteiger partial charge is 0.335 e. The predicted molar refractivity (Wildman–Crippen MR) is 184 cm³/mol. The van der Waals surface area contributed by atoms with Crippen molar-refractivity contribution >= 4 is 33.3 Å². The molecular formula is C36H47ClN2O8S. The maximum atomic E-state index is 12.5. The highest BCUT2D eigenvalue weighted by Gasteiger charge is 2.44. The molecule has 2 heterocycles. The Morgan fingerprint density at radius 1 is 1.21 bits per heavy atom. The molecule has 262 valence electrons. The Hall–Kier alpha value is -2.67. The second kappa shape index (κ2) is 14.7. The summed E-state index contributed by atoms with van der Waals surface area (Å²) in [5, 5.41) is 26.6. The van der Waals surface area contributed by atoms with Crippen LogP contribution in [-0.4, -0.2) is 81.6 Å². The number of aromatic carboxylic acids is 1. The number of rotatable bonds is 12. The number of fused-ring (bicyclic) bond motifs is 3. The van der Waals surface area contributed by atoms with Crippen LogP contribution in [0.15, 0.2) is 48.6 Å². The van der Waals surface area contributed by atoms with E-state index in [0.717, 1.165) is 50.6 Å². The first-order valence-corrected chi connectivity index (χ1v) is 19.0. The van der Waals surface area contributed by atoms with Crippen LogP contribution in [0.2, 0.25) is 5.02 Å². The second-order valence-electron chi connectivity index (χ2n) is 14.0. The number of carboxylic acids is 1. The summed E-state index contributed by atoms with van der Waals surface area (Å²) in [7, 11) is -2.40. The van der Waals surface area contributed by atoms with Gasteiger partial charge in [-0.1, -0.05) is 29.8 Å². The predicted octanol–water partition coefficient (Wildman–Crippen LogP) is 5.09. The van der Waals surface area contributed by atoms with E-state index in [9.17, 15) is 23.4 Å². The van der Waals surface area contributed by atoms with Crippen LogP contribution in [0.1, 0.15) is 72.9 Å². The quantitative estimate of drug-likeness (QED) is 0.257. The lowest BCUT2D eigenvalue weighted by molar-refractivity contribution is 0.0447. The SMILES string of the molecule is COC(C/C=C/C(O)[C@@H]1CC[C@H]1CN1C[C@@]2(CCCc3cc(Cl)ccc32)COc2ccc(C(=O)O)cc21)C(C[C@@H]1CCCO1)S(N)(=O)=O. The minimum atomic E-state index is -3.88. The summed E-state index contributed by atoms with van der Waals surface area (Å²) in [5.41, 5.74) is 3.12. The molecule has 2 aliphatic heterocycles. The molecule has 0 bridgehead atoms. The number of nitrogens with zero attached hydrogens (tertiary/aromatic N) is 1. The van der Waals surface area contributed by atoms with Crippen LogP contribution in [0.4, 0.5) is 5.69 Å². The van der Waals surface area contributed by atoms with Crippen molar-refractivity contribution in [2.45, 2.75) is 86.8 Å². The number of methoxy groups -OCH3 is 1. The minimum absolute atomic E-state index is 0.00755. The van der Waals surface area contributed by atoms with Gasteiger partial charge in [-0.15, -0.1) is 0 Å². The van der Waals surface area contributed by atoms with Gasteiger partial charge in [-0.05, 0) is 111 Å². The molecule has 10 nitrogen and oxygen atoms in total. The van der Waals surface area contributed by atoms with Crippen molar-refractivity contribution in [1.29, 1.82) is 0 Å². The van der Waals surface area contributed by atoms with Gasteiger partial charge in [-0.3, -0.25) is 0 Å². The number of halogens is 1. The van der Waals surface area contributed by atoms with E-state index in [4.69, 9.17) is 31.0 Å². The molecule has 4 aliphatic rings. The third-order valence-corrected chi connectivity index (χ3v) is 12.6. The van der Waals surface area contributed by atoms with Crippen LogP contribution in [0.5, 0.6) is 5.75 Å². The van der Waals surface area contributed by atoms with E-state index in [-0.39, 0.29) is 35.3 Å². The lowest BCUT2D eigenvalue weighted by Gasteiger charge is -2.45. The number of anilines is 1. The maximum absolute atomic E-state index is 12.5. The normalized spacial score (nSPS) is 27.4. The van der Waals surface area contributed by atoms with E-state index in [1.807, 2.05) is 6.07 Å². The molecule has 6 rings (SSSR count). The average Bonchev–Trinajstić information content (AvgIpc) is 3.50. The number of ether oxygens (including phenoxy) is 3. The number of benzene rings is 2. The van der Waals surface area contributed by atoms with Crippen molar-refractivity contribution in [3.63, 3.8) is 0 Å². The van der Waals surface area contributed by atoms with Gasteiger partial charge >= 0.3 is 5.97 Å². The van der Waals surface area contributed by atoms with Crippen molar-refractivity contribution in [2.75, 3.05) is 38.3 Å². The monoisotopic (exact) mass is 702 g/mol. The van der Waals surface area contributed by atoms with Crippen molar-refractivity contribution in [3.05, 3.63) is 70.3 Å². The number of hydrogen-bond donors (Lipinski definition) is 3. The molecule has 2 aromatic carbocycles. The van der Waals surface area contributed by atoms with Crippen LogP contribution in [0.3, 0.4) is 0 Å². The number of carboxylic acid groups (broad SMARTS) is 1. The average molecular weight is 703 g/mol. The fourth-order valence-corrected chi connectivity index (χ4v) is 9.61. The molecule has 7 atom stereocenters. The molecule has 2 fully saturated rings. The number of sulfonamides is 1. The first-order chi connectivity index (χ1) is 23.0. The Kier molecular flexibility index (Phi) is 10.7. The number of primary sulfonamides is 1. The van der Waals surface area contributed by atoms with Gasteiger partial charge in [0.15, 0.2) is 0 Å². The zero-order chi connectivity index (χ0) is 34.1. The van der Waals surface area contributed by atoms with Crippen molar-refractivity contribution in [1.82, 2.24) is 0 Å². The Bertz CT molecular complexity index is 1610. The molecule has 12 heteroatoms.